The van der Waals surface area contributed by atoms with Crippen LogP contribution in [0.25, 0.3) is 27.7 Å². The van der Waals surface area contributed by atoms with Crippen molar-refractivity contribution in [2.24, 2.45) is 0 Å². The number of methoxy groups -OCH3 is 1. The van der Waals surface area contributed by atoms with Crippen molar-refractivity contribution in [2.75, 3.05) is 19.0 Å². The Kier molecular flexibility index (Phi) is 6.94. The molecule has 0 saturated heterocycles. The molecule has 0 spiro atoms. The van der Waals surface area contributed by atoms with Crippen molar-refractivity contribution in [3.05, 3.63) is 83.1 Å². The summed E-state index contributed by atoms with van der Waals surface area (Å²) >= 11 is 5.93. The van der Waals surface area contributed by atoms with Gasteiger partial charge in [-0.15, -0.1) is 0 Å². The zero-order valence-corrected chi connectivity index (χ0v) is 20.3. The molecule has 0 fully saturated rings. The van der Waals surface area contributed by atoms with Gasteiger partial charge in [-0.2, -0.15) is 0 Å². The van der Waals surface area contributed by atoms with Gasteiger partial charge in [0, 0.05) is 38.9 Å². The molecule has 6 heteroatoms. The number of rotatable bonds is 7. The van der Waals surface area contributed by atoms with E-state index < -0.39 is 0 Å². The first kappa shape index (κ1) is 23.5. The van der Waals surface area contributed by atoms with Gasteiger partial charge in [0.05, 0.1) is 20.0 Å². The maximum Gasteiger partial charge on any atom is 0.248 e. The summed E-state index contributed by atoms with van der Waals surface area (Å²) in [7, 11) is 1.62. The van der Waals surface area contributed by atoms with Crippen LogP contribution in [0.5, 0.6) is 11.5 Å². The molecular weight excluding hydrogens is 450 g/mol. The number of allylic oxidation sites excluding steroid dienone is 1. The van der Waals surface area contributed by atoms with Crippen LogP contribution in [0.1, 0.15) is 25.0 Å². The fourth-order valence-electron chi connectivity index (χ4n) is 3.98. The van der Waals surface area contributed by atoms with Gasteiger partial charge in [-0.3, -0.25) is 4.79 Å². The van der Waals surface area contributed by atoms with Crippen molar-refractivity contribution >= 4 is 39.7 Å². The van der Waals surface area contributed by atoms with Crippen molar-refractivity contribution in [1.29, 1.82) is 0 Å². The zero-order valence-electron chi connectivity index (χ0n) is 19.6. The first-order valence-corrected chi connectivity index (χ1v) is 11.4. The molecule has 5 nitrogen and oxygen atoms in total. The molecular formula is C28H26ClNO4. The number of fused-ring (bicyclic) bond motifs is 1. The quantitative estimate of drug-likeness (QED) is 0.281. The van der Waals surface area contributed by atoms with Crippen LogP contribution in [0, 0.1) is 6.92 Å². The number of aryl methyl sites for hydroxylation is 1. The third kappa shape index (κ3) is 4.80. The normalized spacial score (nSPS) is 11.5. The Labute approximate surface area is 203 Å². The van der Waals surface area contributed by atoms with E-state index in [4.69, 9.17) is 25.5 Å². The number of carbonyl (C=O) groups excluding carboxylic acids is 1. The SMILES string of the molecule is CCOc1ccc(-c2coc3c(C)c(OC)c(/C(C)=C/C(=O)Nc4ccc(Cl)cc4)cc23)cc1. The number of ether oxygens (including phenoxy) is 2. The molecule has 3 aromatic carbocycles. The number of benzene rings is 3. The van der Waals surface area contributed by atoms with Gasteiger partial charge in [-0.25, -0.2) is 0 Å². The topological polar surface area (TPSA) is 60.7 Å². The van der Waals surface area contributed by atoms with Gasteiger partial charge >= 0.3 is 0 Å². The van der Waals surface area contributed by atoms with Gasteiger partial charge in [0.15, 0.2) is 0 Å². The van der Waals surface area contributed by atoms with Crippen molar-refractivity contribution in [2.45, 2.75) is 20.8 Å². The smallest absolute Gasteiger partial charge is 0.248 e. The number of nitrogens with one attached hydrogen (secondary N) is 1. The average Bonchev–Trinajstić information content (AvgIpc) is 3.25. The van der Waals surface area contributed by atoms with Crippen molar-refractivity contribution in [3.8, 4) is 22.6 Å². The fourth-order valence-corrected chi connectivity index (χ4v) is 4.10. The van der Waals surface area contributed by atoms with Crippen molar-refractivity contribution < 1.29 is 18.7 Å². The van der Waals surface area contributed by atoms with Crippen LogP contribution in [-0.2, 0) is 4.79 Å². The molecule has 34 heavy (non-hydrogen) atoms. The summed E-state index contributed by atoms with van der Waals surface area (Å²) in [6.45, 7) is 6.42. The first-order valence-electron chi connectivity index (χ1n) is 11.0. The van der Waals surface area contributed by atoms with Crippen LogP contribution in [0.3, 0.4) is 0 Å². The van der Waals surface area contributed by atoms with E-state index in [1.165, 1.54) is 0 Å². The lowest BCUT2D eigenvalue weighted by Gasteiger charge is -2.13. The van der Waals surface area contributed by atoms with Crippen LogP contribution >= 0.6 is 11.6 Å². The molecule has 0 bridgehead atoms. The summed E-state index contributed by atoms with van der Waals surface area (Å²) in [5.41, 5.74) is 5.87. The molecule has 4 aromatic rings. The van der Waals surface area contributed by atoms with Gasteiger partial charge in [-0.05, 0) is 74.4 Å². The van der Waals surface area contributed by atoms with E-state index in [0.29, 0.717) is 23.1 Å². The van der Waals surface area contributed by atoms with Crippen LogP contribution < -0.4 is 14.8 Å². The van der Waals surface area contributed by atoms with Gasteiger partial charge in [0.2, 0.25) is 5.91 Å². The minimum atomic E-state index is -0.237. The molecule has 0 radical (unpaired) electrons. The van der Waals surface area contributed by atoms with E-state index in [0.717, 1.165) is 44.5 Å². The van der Waals surface area contributed by atoms with E-state index in [1.54, 1.807) is 43.7 Å². The molecule has 0 aliphatic rings. The fraction of sp³-hybridized carbons (Fsp3) is 0.179. The molecule has 0 saturated carbocycles. The van der Waals surface area contributed by atoms with Crippen LogP contribution in [0.15, 0.2) is 71.4 Å². The molecule has 0 aliphatic heterocycles. The number of carbonyl (C=O) groups is 1. The van der Waals surface area contributed by atoms with Crippen LogP contribution in [0.2, 0.25) is 5.02 Å². The molecule has 0 atom stereocenters. The number of hydrogen-bond donors (Lipinski definition) is 1. The summed E-state index contributed by atoms with van der Waals surface area (Å²) < 4.78 is 17.2. The average molecular weight is 476 g/mol. The Hall–Kier alpha value is -3.70. The van der Waals surface area contributed by atoms with E-state index >= 15 is 0 Å². The maximum atomic E-state index is 12.7. The van der Waals surface area contributed by atoms with Crippen LogP contribution in [0.4, 0.5) is 5.69 Å². The number of halogens is 1. The number of hydrogen-bond acceptors (Lipinski definition) is 4. The molecule has 1 N–H and O–H groups in total. The first-order chi connectivity index (χ1) is 16.4. The molecule has 1 amide bonds. The Morgan fingerprint density at radius 2 is 1.82 bits per heavy atom. The standard InChI is InChI=1S/C28H26ClNO4/c1-5-33-22-12-6-19(7-13-22)25-16-34-28-18(3)27(32-4)23(15-24(25)28)17(2)14-26(31)30-21-10-8-20(29)9-11-21/h6-16H,5H2,1-4H3,(H,30,31)/b17-14+. The Balaban J connectivity index is 1.72. The van der Waals surface area contributed by atoms with E-state index in [-0.39, 0.29) is 5.91 Å². The summed E-state index contributed by atoms with van der Waals surface area (Å²) in [6, 6.07) is 16.9. The maximum absolute atomic E-state index is 12.7. The van der Waals surface area contributed by atoms with Gasteiger partial charge in [-0.1, -0.05) is 23.7 Å². The number of furan rings is 1. The predicted octanol–water partition coefficient (Wildman–Crippen LogP) is 7.51. The molecule has 0 unspecified atom stereocenters. The van der Waals surface area contributed by atoms with Crippen molar-refractivity contribution in [1.82, 2.24) is 0 Å². The lowest BCUT2D eigenvalue weighted by Crippen LogP contribution is -2.08. The summed E-state index contributed by atoms with van der Waals surface area (Å²) in [4.78, 5) is 12.7. The van der Waals surface area contributed by atoms with Crippen molar-refractivity contribution in [3.63, 3.8) is 0 Å². The highest BCUT2D eigenvalue weighted by molar-refractivity contribution is 6.30. The summed E-state index contributed by atoms with van der Waals surface area (Å²) in [5, 5.41) is 4.42. The predicted molar refractivity (Wildman–Crippen MR) is 138 cm³/mol. The van der Waals surface area contributed by atoms with E-state index in [9.17, 15) is 4.79 Å². The monoisotopic (exact) mass is 475 g/mol. The number of amides is 1. The third-order valence-corrected chi connectivity index (χ3v) is 5.86. The molecule has 1 heterocycles. The minimum absolute atomic E-state index is 0.237. The summed E-state index contributed by atoms with van der Waals surface area (Å²) in [6.07, 6.45) is 3.32. The van der Waals surface area contributed by atoms with E-state index in [2.05, 4.69) is 5.32 Å². The Morgan fingerprint density at radius 1 is 1.12 bits per heavy atom. The highest BCUT2D eigenvalue weighted by atomic mass is 35.5. The van der Waals surface area contributed by atoms with E-state index in [1.807, 2.05) is 51.1 Å². The number of anilines is 1. The molecule has 4 rings (SSSR count). The van der Waals surface area contributed by atoms with Gasteiger partial charge in [0.1, 0.15) is 17.1 Å². The van der Waals surface area contributed by atoms with Gasteiger partial charge in [0.25, 0.3) is 0 Å². The second-order valence-electron chi connectivity index (χ2n) is 7.89. The highest BCUT2D eigenvalue weighted by Crippen LogP contribution is 2.40. The Bertz CT molecular complexity index is 1350. The lowest BCUT2D eigenvalue weighted by atomic mass is 9.96. The minimum Gasteiger partial charge on any atom is -0.496 e. The second kappa shape index (κ2) is 10.1. The second-order valence-corrected chi connectivity index (χ2v) is 8.33. The van der Waals surface area contributed by atoms with Crippen LogP contribution in [-0.4, -0.2) is 19.6 Å². The lowest BCUT2D eigenvalue weighted by molar-refractivity contribution is -0.111. The zero-order chi connectivity index (χ0) is 24.2. The molecule has 0 aliphatic carbocycles. The molecule has 1 aromatic heterocycles. The third-order valence-electron chi connectivity index (χ3n) is 5.61. The largest absolute Gasteiger partial charge is 0.496 e. The molecule has 174 valence electrons. The highest BCUT2D eigenvalue weighted by Gasteiger charge is 2.19. The summed E-state index contributed by atoms with van der Waals surface area (Å²) in [5.74, 6) is 1.26. The Morgan fingerprint density at radius 3 is 2.47 bits per heavy atom. The van der Waals surface area contributed by atoms with Gasteiger partial charge < -0.3 is 19.2 Å².